The first-order valence-electron chi connectivity index (χ1n) is 5.25. The molecule has 1 unspecified atom stereocenters. The lowest BCUT2D eigenvalue weighted by atomic mass is 9.97. The molecule has 0 bridgehead atoms. The van der Waals surface area contributed by atoms with Gasteiger partial charge in [-0.3, -0.25) is 0 Å². The Bertz CT molecular complexity index is 370. The molecule has 0 aliphatic heterocycles. The largest absolute Gasteiger partial charge is 0.479 e. The van der Waals surface area contributed by atoms with Gasteiger partial charge in [-0.25, -0.2) is 4.79 Å². The van der Waals surface area contributed by atoms with Gasteiger partial charge in [-0.1, -0.05) is 30.3 Å². The first kappa shape index (κ1) is 12.9. The first-order valence-corrected chi connectivity index (χ1v) is 8.65. The molecular weight excluding hydrogens is 220 g/mol. The van der Waals surface area contributed by atoms with Crippen LogP contribution in [-0.4, -0.2) is 19.4 Å². The van der Waals surface area contributed by atoms with Crippen LogP contribution in [0, 0.1) is 0 Å². The van der Waals surface area contributed by atoms with Gasteiger partial charge in [0.15, 0.2) is 13.9 Å². The second-order valence-electron chi connectivity index (χ2n) is 4.92. The van der Waals surface area contributed by atoms with Crippen LogP contribution < -0.4 is 0 Å². The molecule has 0 radical (unpaired) electrons. The molecule has 0 saturated carbocycles. The van der Waals surface area contributed by atoms with Crippen molar-refractivity contribution in [1.82, 2.24) is 0 Å². The van der Waals surface area contributed by atoms with Crippen molar-refractivity contribution in [3.8, 4) is 0 Å². The van der Waals surface area contributed by atoms with Crippen LogP contribution in [0.5, 0.6) is 0 Å². The zero-order valence-electron chi connectivity index (χ0n) is 10.2. The zero-order chi connectivity index (χ0) is 12.4. The summed E-state index contributed by atoms with van der Waals surface area (Å²) in [6, 6.07) is 9.08. The van der Waals surface area contributed by atoms with Crippen LogP contribution in [-0.2, 0) is 14.8 Å². The van der Waals surface area contributed by atoms with Crippen LogP contribution in [0.2, 0.25) is 19.6 Å². The summed E-state index contributed by atoms with van der Waals surface area (Å²) in [6.07, 6.45) is 0. The molecule has 3 nitrogen and oxygen atoms in total. The maximum absolute atomic E-state index is 11.4. The molecule has 0 fully saturated rings. The van der Waals surface area contributed by atoms with Crippen LogP contribution in [0.15, 0.2) is 30.3 Å². The second kappa shape index (κ2) is 4.39. The Balaban J connectivity index is 3.13. The maximum Gasteiger partial charge on any atom is 0.339 e. The normalized spacial score (nSPS) is 15.5. The minimum absolute atomic E-state index is 0.685. The summed E-state index contributed by atoms with van der Waals surface area (Å²) < 4.78 is 5.81. The molecule has 88 valence electrons. The summed E-state index contributed by atoms with van der Waals surface area (Å²) in [7, 11) is -1.92. The molecule has 0 aliphatic rings. The molecule has 16 heavy (non-hydrogen) atoms. The molecule has 1 rings (SSSR count). The maximum atomic E-state index is 11.4. The number of benzene rings is 1. The number of carboxylic acids is 1. The van der Waals surface area contributed by atoms with Crippen molar-refractivity contribution in [3.05, 3.63) is 35.9 Å². The van der Waals surface area contributed by atoms with Gasteiger partial charge < -0.3 is 9.53 Å². The highest BCUT2D eigenvalue weighted by molar-refractivity contribution is 6.70. The fourth-order valence-corrected chi connectivity index (χ4v) is 3.02. The fraction of sp³-hybridized carbons (Fsp3) is 0.417. The second-order valence-corrected chi connectivity index (χ2v) is 9.35. The van der Waals surface area contributed by atoms with Crippen LogP contribution >= 0.6 is 0 Å². The average molecular weight is 238 g/mol. The minimum Gasteiger partial charge on any atom is -0.479 e. The van der Waals surface area contributed by atoms with Crippen LogP contribution in [0.25, 0.3) is 0 Å². The van der Waals surface area contributed by atoms with Gasteiger partial charge >= 0.3 is 5.97 Å². The van der Waals surface area contributed by atoms with E-state index in [0.717, 1.165) is 0 Å². The van der Waals surface area contributed by atoms with E-state index in [1.54, 1.807) is 19.1 Å². The highest BCUT2D eigenvalue weighted by Crippen LogP contribution is 2.29. The summed E-state index contributed by atoms with van der Waals surface area (Å²) in [4.78, 5) is 11.4. The van der Waals surface area contributed by atoms with E-state index in [1.807, 2.05) is 37.8 Å². The van der Waals surface area contributed by atoms with E-state index in [4.69, 9.17) is 4.43 Å². The summed E-state index contributed by atoms with van der Waals surface area (Å²) >= 11 is 0. The number of rotatable bonds is 4. The van der Waals surface area contributed by atoms with Crippen molar-refractivity contribution in [2.24, 2.45) is 0 Å². The lowest BCUT2D eigenvalue weighted by molar-refractivity contribution is -0.155. The monoisotopic (exact) mass is 238 g/mol. The van der Waals surface area contributed by atoms with E-state index in [1.165, 1.54) is 0 Å². The van der Waals surface area contributed by atoms with E-state index in [-0.39, 0.29) is 0 Å². The predicted octanol–water partition coefficient (Wildman–Crippen LogP) is 2.84. The lowest BCUT2D eigenvalue weighted by Crippen LogP contribution is -2.44. The number of hydrogen-bond donors (Lipinski definition) is 1. The topological polar surface area (TPSA) is 46.5 Å². The molecule has 0 aliphatic carbocycles. The predicted molar refractivity (Wildman–Crippen MR) is 65.9 cm³/mol. The Morgan fingerprint density at radius 1 is 1.25 bits per heavy atom. The lowest BCUT2D eigenvalue weighted by Gasteiger charge is -2.32. The van der Waals surface area contributed by atoms with E-state index < -0.39 is 19.9 Å². The third kappa shape index (κ3) is 2.93. The Labute approximate surface area is 97.2 Å². The SMILES string of the molecule is CC(O[Si](C)(C)C)(C(=O)O)c1ccccc1. The van der Waals surface area contributed by atoms with Crippen molar-refractivity contribution < 1.29 is 14.3 Å². The van der Waals surface area contributed by atoms with Crippen molar-refractivity contribution in [1.29, 1.82) is 0 Å². The molecule has 0 spiro atoms. The number of aliphatic carboxylic acids is 1. The van der Waals surface area contributed by atoms with Crippen molar-refractivity contribution in [2.75, 3.05) is 0 Å². The highest BCUT2D eigenvalue weighted by Gasteiger charge is 2.40. The van der Waals surface area contributed by atoms with E-state index >= 15 is 0 Å². The summed E-state index contributed by atoms with van der Waals surface area (Å²) in [5.74, 6) is -0.943. The van der Waals surface area contributed by atoms with Gasteiger partial charge in [-0.15, -0.1) is 0 Å². The van der Waals surface area contributed by atoms with E-state index in [2.05, 4.69) is 0 Å². The standard InChI is InChI=1S/C12H18O3Si/c1-12(11(13)14,15-16(2,3)4)10-8-6-5-7-9-10/h5-9H,1-4H3,(H,13,14). The number of hydrogen-bond acceptors (Lipinski definition) is 2. The molecule has 1 aromatic rings. The van der Waals surface area contributed by atoms with E-state index in [9.17, 15) is 9.90 Å². The Hall–Kier alpha value is -1.13. The Morgan fingerprint density at radius 3 is 2.12 bits per heavy atom. The van der Waals surface area contributed by atoms with Crippen LogP contribution in [0.1, 0.15) is 12.5 Å². The molecular formula is C12H18O3Si. The van der Waals surface area contributed by atoms with Crippen molar-refractivity contribution in [3.63, 3.8) is 0 Å². The number of carboxylic acid groups (broad SMARTS) is 1. The summed E-state index contributed by atoms with van der Waals surface area (Å²) in [6.45, 7) is 7.56. The minimum atomic E-state index is -1.92. The van der Waals surface area contributed by atoms with Gasteiger partial charge in [0, 0.05) is 0 Å². The van der Waals surface area contributed by atoms with Gasteiger partial charge in [-0.2, -0.15) is 0 Å². The van der Waals surface area contributed by atoms with Gasteiger partial charge in [-0.05, 0) is 32.1 Å². The molecule has 4 heteroatoms. The quantitative estimate of drug-likeness (QED) is 0.820. The third-order valence-corrected chi connectivity index (χ3v) is 3.26. The third-order valence-electron chi connectivity index (χ3n) is 2.24. The summed E-state index contributed by atoms with van der Waals surface area (Å²) in [5.41, 5.74) is -0.559. The first-order chi connectivity index (χ1) is 7.26. The van der Waals surface area contributed by atoms with Gasteiger partial charge in [0.2, 0.25) is 0 Å². The molecule has 0 aromatic heterocycles. The molecule has 1 atom stereocenters. The van der Waals surface area contributed by atoms with Crippen molar-refractivity contribution in [2.45, 2.75) is 32.2 Å². The van der Waals surface area contributed by atoms with Crippen LogP contribution in [0.4, 0.5) is 0 Å². The molecule has 0 heterocycles. The smallest absolute Gasteiger partial charge is 0.339 e. The Kier molecular flexibility index (Phi) is 3.55. The van der Waals surface area contributed by atoms with Gasteiger partial charge in [0.1, 0.15) is 0 Å². The van der Waals surface area contributed by atoms with E-state index in [0.29, 0.717) is 5.56 Å². The molecule has 1 aromatic carbocycles. The average Bonchev–Trinajstić information content (AvgIpc) is 2.16. The summed E-state index contributed by atoms with van der Waals surface area (Å²) in [5, 5.41) is 9.35. The van der Waals surface area contributed by atoms with Crippen molar-refractivity contribution >= 4 is 14.3 Å². The van der Waals surface area contributed by atoms with Gasteiger partial charge in [0.05, 0.1) is 0 Å². The fourth-order valence-electron chi connectivity index (χ4n) is 1.59. The number of carbonyl (C=O) groups is 1. The van der Waals surface area contributed by atoms with Crippen LogP contribution in [0.3, 0.4) is 0 Å². The Morgan fingerprint density at radius 2 is 1.75 bits per heavy atom. The molecule has 0 saturated heterocycles. The molecule has 1 N–H and O–H groups in total. The van der Waals surface area contributed by atoms with Gasteiger partial charge in [0.25, 0.3) is 0 Å². The zero-order valence-corrected chi connectivity index (χ0v) is 11.2. The molecule has 0 amide bonds. The highest BCUT2D eigenvalue weighted by atomic mass is 28.4.